The molecular formula is C15H12F3N3O2. The van der Waals surface area contributed by atoms with Gasteiger partial charge in [0.15, 0.2) is 5.69 Å². The molecule has 0 fully saturated rings. The smallest absolute Gasteiger partial charge is 0.416 e. The number of esters is 1. The number of alkyl halides is 3. The first kappa shape index (κ1) is 16.4. The van der Waals surface area contributed by atoms with Crippen LogP contribution in [0.3, 0.4) is 0 Å². The predicted molar refractivity (Wildman–Crippen MR) is 76.0 cm³/mol. The van der Waals surface area contributed by atoms with Crippen molar-refractivity contribution in [2.24, 2.45) is 0 Å². The molecule has 0 unspecified atom stereocenters. The van der Waals surface area contributed by atoms with Crippen molar-refractivity contribution in [3.05, 3.63) is 46.8 Å². The average molecular weight is 323 g/mol. The zero-order valence-corrected chi connectivity index (χ0v) is 12.2. The maximum absolute atomic E-state index is 12.9. The van der Waals surface area contributed by atoms with Crippen LogP contribution in [0, 0.1) is 18.3 Å². The molecule has 0 aliphatic carbocycles. The Morgan fingerprint density at radius 1 is 1.39 bits per heavy atom. The monoisotopic (exact) mass is 323 g/mol. The second-order valence-corrected chi connectivity index (χ2v) is 4.78. The number of nitrogens with two attached hydrogens (primary N) is 1. The molecule has 0 spiro atoms. The molecule has 0 saturated carbocycles. The van der Waals surface area contributed by atoms with E-state index in [4.69, 9.17) is 11.0 Å². The minimum Gasteiger partial charge on any atom is -0.464 e. The van der Waals surface area contributed by atoms with E-state index < -0.39 is 17.7 Å². The Morgan fingerprint density at radius 2 is 2.04 bits per heavy atom. The van der Waals surface area contributed by atoms with Gasteiger partial charge in [-0.15, -0.1) is 0 Å². The normalized spacial score (nSPS) is 11.1. The van der Waals surface area contributed by atoms with Crippen LogP contribution in [0.5, 0.6) is 0 Å². The van der Waals surface area contributed by atoms with Gasteiger partial charge < -0.3 is 15.0 Å². The van der Waals surface area contributed by atoms with Crippen LogP contribution in [0.15, 0.2) is 24.4 Å². The summed E-state index contributed by atoms with van der Waals surface area (Å²) in [6.07, 6.45) is -3.32. The van der Waals surface area contributed by atoms with Gasteiger partial charge in [0.1, 0.15) is 6.07 Å². The summed E-state index contributed by atoms with van der Waals surface area (Å²) in [5.74, 6) is -0.846. The number of anilines is 1. The molecule has 2 rings (SSSR count). The standard InChI is InChI=1S/C15H12F3N3O2/c1-8-3-4-10(15(16,17)18)5-11(8)21-7-9(6-19)12(20)13(21)14(22)23-2/h3-5,7H,20H2,1-2H3. The van der Waals surface area contributed by atoms with Crippen molar-refractivity contribution in [2.75, 3.05) is 12.8 Å². The van der Waals surface area contributed by atoms with Gasteiger partial charge in [-0.25, -0.2) is 4.79 Å². The molecule has 1 heterocycles. The van der Waals surface area contributed by atoms with E-state index in [1.807, 2.05) is 0 Å². The zero-order valence-electron chi connectivity index (χ0n) is 12.2. The molecule has 2 N–H and O–H groups in total. The highest BCUT2D eigenvalue weighted by atomic mass is 19.4. The van der Waals surface area contributed by atoms with Crippen LogP contribution in [-0.2, 0) is 10.9 Å². The Balaban J connectivity index is 2.77. The van der Waals surface area contributed by atoms with Gasteiger partial charge in [-0.1, -0.05) is 6.07 Å². The molecule has 0 amide bonds. The lowest BCUT2D eigenvalue weighted by atomic mass is 10.1. The molecule has 120 valence electrons. The molecule has 23 heavy (non-hydrogen) atoms. The SMILES string of the molecule is COC(=O)c1c(N)c(C#N)cn1-c1cc(C(F)(F)F)ccc1C. The number of methoxy groups -OCH3 is 1. The summed E-state index contributed by atoms with van der Waals surface area (Å²) in [6.45, 7) is 1.58. The molecule has 1 aromatic heterocycles. The van der Waals surface area contributed by atoms with Crippen LogP contribution in [0.1, 0.15) is 27.2 Å². The van der Waals surface area contributed by atoms with E-state index in [2.05, 4.69) is 4.74 Å². The van der Waals surface area contributed by atoms with Crippen LogP contribution >= 0.6 is 0 Å². The summed E-state index contributed by atoms with van der Waals surface area (Å²) >= 11 is 0. The quantitative estimate of drug-likeness (QED) is 0.861. The van der Waals surface area contributed by atoms with Crippen LogP contribution < -0.4 is 5.73 Å². The number of aryl methyl sites for hydroxylation is 1. The third-order valence-electron chi connectivity index (χ3n) is 3.34. The van der Waals surface area contributed by atoms with E-state index in [-0.39, 0.29) is 22.6 Å². The van der Waals surface area contributed by atoms with Gasteiger partial charge in [-0.3, -0.25) is 0 Å². The van der Waals surface area contributed by atoms with E-state index in [1.165, 1.54) is 12.3 Å². The Labute approximate surface area is 129 Å². The number of nitrogen functional groups attached to an aromatic ring is 1. The Hall–Kier alpha value is -2.95. The minimum atomic E-state index is -4.54. The molecule has 5 nitrogen and oxygen atoms in total. The van der Waals surface area contributed by atoms with Crippen LogP contribution in [0.25, 0.3) is 5.69 Å². The maximum Gasteiger partial charge on any atom is 0.416 e. The lowest BCUT2D eigenvalue weighted by Crippen LogP contribution is -2.13. The predicted octanol–water partition coefficient (Wildman–Crippen LogP) is 3.05. The molecule has 0 radical (unpaired) electrons. The number of aromatic nitrogens is 1. The number of nitriles is 1. The molecule has 0 aliphatic rings. The first-order chi connectivity index (χ1) is 10.7. The lowest BCUT2D eigenvalue weighted by Gasteiger charge is -2.14. The highest BCUT2D eigenvalue weighted by Gasteiger charge is 2.31. The van der Waals surface area contributed by atoms with Crippen molar-refractivity contribution in [1.82, 2.24) is 4.57 Å². The van der Waals surface area contributed by atoms with Crippen LogP contribution in [0.4, 0.5) is 18.9 Å². The number of hydrogen-bond acceptors (Lipinski definition) is 4. The number of halogens is 3. The second kappa shape index (κ2) is 5.68. The molecule has 0 atom stereocenters. The fraction of sp³-hybridized carbons (Fsp3) is 0.200. The van der Waals surface area contributed by atoms with Crippen molar-refractivity contribution in [2.45, 2.75) is 13.1 Å². The number of rotatable bonds is 2. The third-order valence-corrected chi connectivity index (χ3v) is 3.34. The average Bonchev–Trinajstić information content (AvgIpc) is 2.82. The molecule has 2 aromatic rings. The summed E-state index contributed by atoms with van der Waals surface area (Å²) < 4.78 is 44.5. The van der Waals surface area contributed by atoms with Crippen molar-refractivity contribution >= 4 is 11.7 Å². The molecular weight excluding hydrogens is 311 g/mol. The highest BCUT2D eigenvalue weighted by molar-refractivity contribution is 5.96. The van der Waals surface area contributed by atoms with E-state index >= 15 is 0 Å². The molecule has 8 heteroatoms. The van der Waals surface area contributed by atoms with E-state index in [9.17, 15) is 18.0 Å². The number of nitrogens with zero attached hydrogens (tertiary/aromatic N) is 2. The van der Waals surface area contributed by atoms with Crippen molar-refractivity contribution in [1.29, 1.82) is 5.26 Å². The highest BCUT2D eigenvalue weighted by Crippen LogP contribution is 2.33. The first-order valence-electron chi connectivity index (χ1n) is 6.38. The number of carbonyl (C=O) groups is 1. The lowest BCUT2D eigenvalue weighted by molar-refractivity contribution is -0.137. The summed E-state index contributed by atoms with van der Waals surface area (Å²) in [7, 11) is 1.12. The number of hydrogen-bond donors (Lipinski definition) is 1. The molecule has 0 aliphatic heterocycles. The van der Waals surface area contributed by atoms with Gasteiger partial charge in [0.05, 0.1) is 23.9 Å². The van der Waals surface area contributed by atoms with Crippen molar-refractivity contribution < 1.29 is 22.7 Å². The fourth-order valence-corrected chi connectivity index (χ4v) is 2.15. The maximum atomic E-state index is 12.9. The Morgan fingerprint density at radius 3 is 2.57 bits per heavy atom. The van der Waals surface area contributed by atoms with Crippen LogP contribution in [0.2, 0.25) is 0 Å². The number of ether oxygens (including phenoxy) is 1. The van der Waals surface area contributed by atoms with Gasteiger partial charge in [0, 0.05) is 11.9 Å². The van der Waals surface area contributed by atoms with Crippen LogP contribution in [-0.4, -0.2) is 17.6 Å². The third kappa shape index (κ3) is 2.85. The largest absolute Gasteiger partial charge is 0.464 e. The molecule has 0 bridgehead atoms. The Bertz CT molecular complexity index is 817. The first-order valence-corrected chi connectivity index (χ1v) is 6.38. The summed E-state index contributed by atoms with van der Waals surface area (Å²) in [6, 6.07) is 4.90. The van der Waals surface area contributed by atoms with Crippen molar-refractivity contribution in [3.63, 3.8) is 0 Å². The van der Waals surface area contributed by atoms with E-state index in [0.29, 0.717) is 5.56 Å². The van der Waals surface area contributed by atoms with Gasteiger partial charge in [0.25, 0.3) is 0 Å². The fourth-order valence-electron chi connectivity index (χ4n) is 2.15. The summed E-state index contributed by atoms with van der Waals surface area (Å²) in [5, 5.41) is 9.04. The van der Waals surface area contributed by atoms with Gasteiger partial charge in [-0.05, 0) is 24.6 Å². The van der Waals surface area contributed by atoms with E-state index in [1.54, 1.807) is 13.0 Å². The number of carbonyl (C=O) groups excluding carboxylic acids is 1. The summed E-state index contributed by atoms with van der Waals surface area (Å²) in [5.41, 5.74) is 5.07. The minimum absolute atomic E-state index is 0.0257. The zero-order chi connectivity index (χ0) is 17.4. The second-order valence-electron chi connectivity index (χ2n) is 4.78. The van der Waals surface area contributed by atoms with Gasteiger partial charge >= 0.3 is 12.1 Å². The number of benzene rings is 1. The molecule has 0 saturated heterocycles. The Kier molecular flexibility index (Phi) is 4.06. The molecule has 1 aromatic carbocycles. The van der Waals surface area contributed by atoms with Gasteiger partial charge in [0.2, 0.25) is 0 Å². The van der Waals surface area contributed by atoms with Gasteiger partial charge in [-0.2, -0.15) is 18.4 Å². The van der Waals surface area contributed by atoms with E-state index in [0.717, 1.165) is 23.8 Å². The topological polar surface area (TPSA) is 81.0 Å². The summed E-state index contributed by atoms with van der Waals surface area (Å²) in [4.78, 5) is 11.9. The van der Waals surface area contributed by atoms with Crippen molar-refractivity contribution in [3.8, 4) is 11.8 Å².